The van der Waals surface area contributed by atoms with Crippen molar-refractivity contribution in [3.63, 3.8) is 0 Å². The van der Waals surface area contributed by atoms with Gasteiger partial charge in [-0.2, -0.15) is 5.48 Å². The Morgan fingerprint density at radius 1 is 1.19 bits per heavy atom. The van der Waals surface area contributed by atoms with Gasteiger partial charge in [-0.05, 0) is 37.8 Å². The molecule has 1 aromatic carbocycles. The molecule has 0 aromatic heterocycles. The predicted molar refractivity (Wildman–Crippen MR) is 68.2 cm³/mol. The number of hydroxylamine groups is 1. The number of unbranched alkanes of at least 4 members (excludes halogenated alkanes) is 1. The molecule has 0 aliphatic heterocycles. The average Bonchev–Trinajstić information content (AvgIpc) is 2.34. The van der Waals surface area contributed by atoms with Crippen LogP contribution in [0, 0.1) is 0 Å². The maximum atomic E-state index is 5.19. The van der Waals surface area contributed by atoms with E-state index in [-0.39, 0.29) is 6.04 Å². The molecule has 1 aromatic rings. The van der Waals surface area contributed by atoms with Crippen molar-refractivity contribution in [2.24, 2.45) is 0 Å². The minimum atomic E-state index is 0.250. The maximum Gasteiger partial charge on any atom is 0.0654 e. The number of aryl methyl sites for hydroxylation is 1. The van der Waals surface area contributed by atoms with Crippen molar-refractivity contribution in [1.82, 2.24) is 5.48 Å². The van der Waals surface area contributed by atoms with Gasteiger partial charge in [-0.15, -0.1) is 0 Å². The molecule has 1 unspecified atom stereocenters. The molecule has 0 bridgehead atoms. The third-order valence-corrected chi connectivity index (χ3v) is 2.70. The monoisotopic (exact) mass is 221 g/mol. The molecule has 0 saturated carbocycles. The Hall–Kier alpha value is -0.860. The van der Waals surface area contributed by atoms with Crippen molar-refractivity contribution >= 4 is 0 Å². The third kappa shape index (κ3) is 4.33. The Bertz CT molecular complexity index is 281. The number of hydrogen-bond donors (Lipinski definition) is 1. The molecular weight excluding hydrogens is 198 g/mol. The Morgan fingerprint density at radius 3 is 2.44 bits per heavy atom. The van der Waals surface area contributed by atoms with Crippen molar-refractivity contribution in [1.29, 1.82) is 0 Å². The van der Waals surface area contributed by atoms with E-state index in [1.165, 1.54) is 30.4 Å². The molecule has 0 heterocycles. The topological polar surface area (TPSA) is 21.3 Å². The fourth-order valence-electron chi connectivity index (χ4n) is 1.63. The number of nitrogens with one attached hydrogen (secondary N) is 1. The zero-order chi connectivity index (χ0) is 11.8. The zero-order valence-electron chi connectivity index (χ0n) is 10.6. The van der Waals surface area contributed by atoms with Gasteiger partial charge in [0.15, 0.2) is 0 Å². The fourth-order valence-corrected chi connectivity index (χ4v) is 1.63. The minimum absolute atomic E-state index is 0.250. The Balaban J connectivity index is 2.49. The summed E-state index contributed by atoms with van der Waals surface area (Å²) >= 11 is 0. The van der Waals surface area contributed by atoms with Crippen LogP contribution in [0.15, 0.2) is 24.3 Å². The van der Waals surface area contributed by atoms with Crippen molar-refractivity contribution in [3.8, 4) is 0 Å². The summed E-state index contributed by atoms with van der Waals surface area (Å²) in [6.07, 6.45) is 3.71. The number of benzene rings is 1. The van der Waals surface area contributed by atoms with E-state index in [4.69, 9.17) is 4.84 Å². The molecule has 2 nitrogen and oxygen atoms in total. The first kappa shape index (κ1) is 13.2. The molecule has 1 atom stereocenters. The van der Waals surface area contributed by atoms with Gasteiger partial charge in [-0.3, -0.25) is 0 Å². The molecular formula is C14H23NO. The first-order valence-electron chi connectivity index (χ1n) is 6.24. The van der Waals surface area contributed by atoms with Crippen molar-refractivity contribution in [2.45, 2.75) is 46.1 Å². The van der Waals surface area contributed by atoms with E-state index in [9.17, 15) is 0 Å². The average molecular weight is 221 g/mol. The molecule has 0 saturated heterocycles. The normalized spacial score (nSPS) is 12.7. The summed E-state index contributed by atoms with van der Waals surface area (Å²) in [7, 11) is 0. The minimum Gasteiger partial charge on any atom is -0.302 e. The lowest BCUT2D eigenvalue weighted by molar-refractivity contribution is 0.0285. The van der Waals surface area contributed by atoms with E-state index < -0.39 is 0 Å². The van der Waals surface area contributed by atoms with Crippen LogP contribution in [0.4, 0.5) is 0 Å². The second-order valence-corrected chi connectivity index (χ2v) is 4.12. The van der Waals surface area contributed by atoms with Crippen LogP contribution in [0.25, 0.3) is 0 Å². The molecule has 0 aliphatic carbocycles. The fraction of sp³-hybridized carbons (Fsp3) is 0.571. The number of rotatable bonds is 7. The summed E-state index contributed by atoms with van der Waals surface area (Å²) in [6, 6.07) is 9.05. The maximum absolute atomic E-state index is 5.19. The SMILES string of the molecule is CCCCc1ccc(C(C)NOCC)cc1. The molecule has 0 spiro atoms. The van der Waals surface area contributed by atoms with E-state index in [1.54, 1.807) is 0 Å². The highest BCUT2D eigenvalue weighted by atomic mass is 16.6. The van der Waals surface area contributed by atoms with E-state index in [2.05, 4.69) is 43.6 Å². The molecule has 0 aliphatic rings. The van der Waals surface area contributed by atoms with Gasteiger partial charge >= 0.3 is 0 Å². The molecule has 1 N–H and O–H groups in total. The van der Waals surface area contributed by atoms with Crippen LogP contribution in [-0.4, -0.2) is 6.61 Å². The van der Waals surface area contributed by atoms with Crippen LogP contribution in [-0.2, 0) is 11.3 Å². The highest BCUT2D eigenvalue weighted by Crippen LogP contribution is 2.14. The smallest absolute Gasteiger partial charge is 0.0654 e. The molecule has 1 rings (SSSR count). The summed E-state index contributed by atoms with van der Waals surface area (Å²) in [5, 5.41) is 0. The van der Waals surface area contributed by atoms with Crippen LogP contribution < -0.4 is 5.48 Å². The largest absolute Gasteiger partial charge is 0.302 e. The first-order valence-corrected chi connectivity index (χ1v) is 6.24. The Labute approximate surface area is 99.0 Å². The van der Waals surface area contributed by atoms with Gasteiger partial charge < -0.3 is 4.84 Å². The van der Waals surface area contributed by atoms with Crippen LogP contribution in [0.2, 0.25) is 0 Å². The van der Waals surface area contributed by atoms with Crippen LogP contribution in [0.3, 0.4) is 0 Å². The number of hydrogen-bond acceptors (Lipinski definition) is 2. The molecule has 90 valence electrons. The lowest BCUT2D eigenvalue weighted by Crippen LogP contribution is -2.18. The standard InChI is InChI=1S/C14H23NO/c1-4-6-7-13-8-10-14(11-9-13)12(3)15-16-5-2/h8-12,15H,4-7H2,1-3H3. The molecule has 16 heavy (non-hydrogen) atoms. The lowest BCUT2D eigenvalue weighted by Gasteiger charge is -2.13. The van der Waals surface area contributed by atoms with Gasteiger partial charge in [0.25, 0.3) is 0 Å². The lowest BCUT2D eigenvalue weighted by atomic mass is 10.0. The molecule has 2 heteroatoms. The van der Waals surface area contributed by atoms with E-state index >= 15 is 0 Å². The van der Waals surface area contributed by atoms with Crippen molar-refractivity contribution in [2.75, 3.05) is 6.61 Å². The van der Waals surface area contributed by atoms with E-state index in [0.29, 0.717) is 6.61 Å². The summed E-state index contributed by atoms with van der Waals surface area (Å²) in [5.41, 5.74) is 5.71. The van der Waals surface area contributed by atoms with Gasteiger partial charge in [0.1, 0.15) is 0 Å². The quantitative estimate of drug-likeness (QED) is 0.710. The van der Waals surface area contributed by atoms with Gasteiger partial charge in [-0.25, -0.2) is 0 Å². The third-order valence-electron chi connectivity index (χ3n) is 2.70. The van der Waals surface area contributed by atoms with E-state index in [1.807, 2.05) is 6.92 Å². The Kier molecular flexibility index (Phi) is 6.12. The highest BCUT2D eigenvalue weighted by Gasteiger charge is 2.03. The summed E-state index contributed by atoms with van der Waals surface area (Å²) in [4.78, 5) is 5.19. The zero-order valence-corrected chi connectivity index (χ0v) is 10.6. The summed E-state index contributed by atoms with van der Waals surface area (Å²) < 4.78 is 0. The van der Waals surface area contributed by atoms with Gasteiger partial charge in [-0.1, -0.05) is 37.6 Å². The van der Waals surface area contributed by atoms with Crippen LogP contribution in [0.1, 0.15) is 50.8 Å². The second kappa shape index (κ2) is 7.42. The van der Waals surface area contributed by atoms with Crippen LogP contribution in [0.5, 0.6) is 0 Å². The Morgan fingerprint density at radius 2 is 1.88 bits per heavy atom. The predicted octanol–water partition coefficient (Wildman–Crippen LogP) is 3.63. The second-order valence-electron chi connectivity index (χ2n) is 4.12. The summed E-state index contributed by atoms with van der Waals surface area (Å²) in [6.45, 7) is 7.01. The van der Waals surface area contributed by atoms with Gasteiger partial charge in [0.2, 0.25) is 0 Å². The van der Waals surface area contributed by atoms with Crippen molar-refractivity contribution in [3.05, 3.63) is 35.4 Å². The first-order chi connectivity index (χ1) is 7.77. The molecule has 0 amide bonds. The highest BCUT2D eigenvalue weighted by molar-refractivity contribution is 5.24. The molecule has 0 fully saturated rings. The molecule has 0 radical (unpaired) electrons. The van der Waals surface area contributed by atoms with E-state index in [0.717, 1.165) is 0 Å². The van der Waals surface area contributed by atoms with Gasteiger partial charge in [0.05, 0.1) is 12.6 Å². The van der Waals surface area contributed by atoms with Gasteiger partial charge in [0, 0.05) is 0 Å². The van der Waals surface area contributed by atoms with Crippen molar-refractivity contribution < 1.29 is 4.84 Å². The van der Waals surface area contributed by atoms with Crippen LogP contribution >= 0.6 is 0 Å². The summed E-state index contributed by atoms with van der Waals surface area (Å²) in [5.74, 6) is 0.